The summed E-state index contributed by atoms with van der Waals surface area (Å²) in [5.74, 6) is 0.309. The van der Waals surface area contributed by atoms with Gasteiger partial charge in [0.25, 0.3) is 0 Å². The summed E-state index contributed by atoms with van der Waals surface area (Å²) in [5, 5.41) is 14.5. The van der Waals surface area contributed by atoms with Crippen molar-refractivity contribution in [1.82, 2.24) is 0 Å². The smallest absolute Gasteiger partial charge is 0.0462 e. The first-order valence-electron chi connectivity index (χ1n) is 6.14. The van der Waals surface area contributed by atoms with Gasteiger partial charge in [0.15, 0.2) is 0 Å². The zero-order chi connectivity index (χ0) is 12.8. The molecule has 3 heteroatoms. The normalized spacial score (nSPS) is 12.6. The monoisotopic (exact) mass is 280 g/mol. The third kappa shape index (κ3) is 4.13. The van der Waals surface area contributed by atoms with Crippen molar-refractivity contribution in [2.24, 2.45) is 5.92 Å². The summed E-state index contributed by atoms with van der Waals surface area (Å²) in [7, 11) is 0. The zero-order valence-electron chi connectivity index (χ0n) is 10.2. The highest BCUT2D eigenvalue weighted by Gasteiger charge is 2.09. The molecule has 0 bridgehead atoms. The Morgan fingerprint density at radius 3 is 2.78 bits per heavy atom. The predicted octanol–water partition coefficient (Wildman–Crippen LogP) is 4.19. The van der Waals surface area contributed by atoms with Crippen LogP contribution in [0.5, 0.6) is 0 Å². The molecule has 0 saturated carbocycles. The second-order valence-corrected chi connectivity index (χ2v) is 5.77. The van der Waals surface area contributed by atoms with Crippen LogP contribution in [0.1, 0.15) is 17.5 Å². The van der Waals surface area contributed by atoms with Crippen LogP contribution in [0.2, 0.25) is 5.02 Å². The highest BCUT2D eigenvalue weighted by molar-refractivity contribution is 7.07. The van der Waals surface area contributed by atoms with Gasteiger partial charge < -0.3 is 5.11 Å². The molecule has 0 aliphatic carbocycles. The molecule has 0 radical (unpaired) electrons. The van der Waals surface area contributed by atoms with E-state index >= 15 is 0 Å². The van der Waals surface area contributed by atoms with E-state index in [1.165, 1.54) is 11.1 Å². The molecule has 18 heavy (non-hydrogen) atoms. The Kier molecular flexibility index (Phi) is 5.24. The summed E-state index contributed by atoms with van der Waals surface area (Å²) in [6.07, 6.45) is 2.94. The van der Waals surface area contributed by atoms with Gasteiger partial charge in [-0.25, -0.2) is 0 Å². The van der Waals surface area contributed by atoms with Gasteiger partial charge in [-0.1, -0.05) is 23.7 Å². The predicted molar refractivity (Wildman–Crippen MR) is 78.4 cm³/mol. The number of benzene rings is 1. The molecule has 1 heterocycles. The van der Waals surface area contributed by atoms with E-state index in [-0.39, 0.29) is 6.61 Å². The minimum Gasteiger partial charge on any atom is -0.396 e. The van der Waals surface area contributed by atoms with E-state index in [2.05, 4.69) is 22.9 Å². The fourth-order valence-electron chi connectivity index (χ4n) is 2.06. The molecule has 96 valence electrons. The van der Waals surface area contributed by atoms with Crippen LogP contribution in [0.4, 0.5) is 0 Å². The van der Waals surface area contributed by atoms with E-state index in [4.69, 9.17) is 11.6 Å². The molecule has 0 saturated heterocycles. The molecule has 0 aliphatic rings. The Labute approximate surface area is 117 Å². The second-order valence-electron chi connectivity index (χ2n) is 4.55. The van der Waals surface area contributed by atoms with Crippen LogP contribution in [0.3, 0.4) is 0 Å². The Hall–Kier alpha value is -0.830. The van der Waals surface area contributed by atoms with Crippen molar-refractivity contribution in [2.45, 2.75) is 19.3 Å². The maximum atomic E-state index is 9.45. The standard InChI is InChI=1S/C15H17ClOS/c16-15-3-1-2-13(9-15)8-14(10-17)5-4-12-6-7-18-11-12/h1-3,6-7,9,11,14,17H,4-5,8,10H2. The lowest BCUT2D eigenvalue weighted by atomic mass is 9.94. The number of rotatable bonds is 6. The first-order valence-corrected chi connectivity index (χ1v) is 7.46. The highest BCUT2D eigenvalue weighted by Crippen LogP contribution is 2.18. The van der Waals surface area contributed by atoms with Crippen LogP contribution < -0.4 is 0 Å². The Bertz CT molecular complexity index is 467. The molecule has 1 N–H and O–H groups in total. The van der Waals surface area contributed by atoms with Crippen molar-refractivity contribution in [3.05, 3.63) is 57.2 Å². The van der Waals surface area contributed by atoms with Crippen LogP contribution in [-0.2, 0) is 12.8 Å². The average molecular weight is 281 g/mol. The van der Waals surface area contributed by atoms with Gasteiger partial charge in [-0.2, -0.15) is 11.3 Å². The molecular weight excluding hydrogens is 264 g/mol. The maximum Gasteiger partial charge on any atom is 0.0462 e. The van der Waals surface area contributed by atoms with E-state index in [1.54, 1.807) is 11.3 Å². The van der Waals surface area contributed by atoms with Gasteiger partial charge in [0, 0.05) is 11.6 Å². The quantitative estimate of drug-likeness (QED) is 0.841. The number of aryl methyl sites for hydroxylation is 1. The van der Waals surface area contributed by atoms with Gasteiger partial charge in [-0.15, -0.1) is 0 Å². The maximum absolute atomic E-state index is 9.45. The van der Waals surface area contributed by atoms with Crippen molar-refractivity contribution >= 4 is 22.9 Å². The molecule has 0 aliphatic heterocycles. The summed E-state index contributed by atoms with van der Waals surface area (Å²) in [4.78, 5) is 0. The van der Waals surface area contributed by atoms with Gasteiger partial charge in [-0.3, -0.25) is 0 Å². The van der Waals surface area contributed by atoms with E-state index < -0.39 is 0 Å². The average Bonchev–Trinajstić information content (AvgIpc) is 2.87. The van der Waals surface area contributed by atoms with Crippen molar-refractivity contribution < 1.29 is 5.11 Å². The fourth-order valence-corrected chi connectivity index (χ4v) is 2.98. The molecule has 1 aromatic heterocycles. The molecule has 2 aromatic rings. The van der Waals surface area contributed by atoms with Crippen LogP contribution >= 0.6 is 22.9 Å². The zero-order valence-corrected chi connectivity index (χ0v) is 11.8. The van der Waals surface area contributed by atoms with Crippen molar-refractivity contribution in [1.29, 1.82) is 0 Å². The van der Waals surface area contributed by atoms with Gasteiger partial charge in [0.05, 0.1) is 0 Å². The Balaban J connectivity index is 1.89. The molecule has 2 rings (SSSR count). The molecular formula is C15H17ClOS. The largest absolute Gasteiger partial charge is 0.396 e. The molecule has 0 spiro atoms. The number of aliphatic hydroxyl groups excluding tert-OH is 1. The lowest BCUT2D eigenvalue weighted by molar-refractivity contribution is 0.218. The minimum atomic E-state index is 0.233. The fraction of sp³-hybridized carbons (Fsp3) is 0.333. The van der Waals surface area contributed by atoms with Crippen molar-refractivity contribution in [2.75, 3.05) is 6.61 Å². The van der Waals surface area contributed by atoms with Crippen molar-refractivity contribution in [3.63, 3.8) is 0 Å². The summed E-state index contributed by atoms with van der Waals surface area (Å²) in [5.41, 5.74) is 2.57. The van der Waals surface area contributed by atoms with Crippen LogP contribution in [0.25, 0.3) is 0 Å². The van der Waals surface area contributed by atoms with Crippen LogP contribution in [0, 0.1) is 5.92 Å². The summed E-state index contributed by atoms with van der Waals surface area (Å²) in [6, 6.07) is 10.0. The summed E-state index contributed by atoms with van der Waals surface area (Å²) in [6.45, 7) is 0.233. The molecule has 0 fully saturated rings. The molecule has 1 unspecified atom stereocenters. The van der Waals surface area contributed by atoms with Gasteiger partial charge in [0.2, 0.25) is 0 Å². The van der Waals surface area contributed by atoms with Crippen molar-refractivity contribution in [3.8, 4) is 0 Å². The topological polar surface area (TPSA) is 20.2 Å². The van der Waals surface area contributed by atoms with E-state index in [9.17, 15) is 5.11 Å². The lowest BCUT2D eigenvalue weighted by Crippen LogP contribution is -2.10. The van der Waals surface area contributed by atoms with Gasteiger partial charge in [0.1, 0.15) is 0 Å². The highest BCUT2D eigenvalue weighted by atomic mass is 35.5. The number of aliphatic hydroxyl groups is 1. The number of hydrogen-bond donors (Lipinski definition) is 1. The Morgan fingerprint density at radius 1 is 1.22 bits per heavy atom. The molecule has 1 nitrogen and oxygen atoms in total. The summed E-state index contributed by atoms with van der Waals surface area (Å²) < 4.78 is 0. The third-order valence-electron chi connectivity index (χ3n) is 3.09. The first kappa shape index (κ1) is 13.6. The number of thiophene rings is 1. The number of halogens is 1. The summed E-state index contributed by atoms with van der Waals surface area (Å²) >= 11 is 7.69. The first-order chi connectivity index (χ1) is 8.78. The lowest BCUT2D eigenvalue weighted by Gasteiger charge is -2.13. The minimum absolute atomic E-state index is 0.233. The van der Waals surface area contributed by atoms with Crippen LogP contribution in [-0.4, -0.2) is 11.7 Å². The molecule has 1 atom stereocenters. The SMILES string of the molecule is OCC(CCc1ccsc1)Cc1cccc(Cl)c1. The number of hydrogen-bond acceptors (Lipinski definition) is 2. The van der Waals surface area contributed by atoms with Crippen LogP contribution in [0.15, 0.2) is 41.1 Å². The Morgan fingerprint density at radius 2 is 2.11 bits per heavy atom. The van der Waals surface area contributed by atoms with E-state index in [0.29, 0.717) is 5.92 Å². The van der Waals surface area contributed by atoms with Gasteiger partial charge in [-0.05, 0) is 65.3 Å². The third-order valence-corrected chi connectivity index (χ3v) is 4.06. The van der Waals surface area contributed by atoms with E-state index in [1.807, 2.05) is 18.2 Å². The van der Waals surface area contributed by atoms with E-state index in [0.717, 1.165) is 24.3 Å². The molecule has 1 aromatic carbocycles. The molecule has 0 amide bonds. The van der Waals surface area contributed by atoms with Gasteiger partial charge >= 0.3 is 0 Å². The second kappa shape index (κ2) is 6.93.